The van der Waals surface area contributed by atoms with Crippen LogP contribution in [0.5, 0.6) is 11.5 Å². The predicted octanol–water partition coefficient (Wildman–Crippen LogP) is 2.31. The molecule has 33 heavy (non-hydrogen) atoms. The van der Waals surface area contributed by atoms with Crippen molar-refractivity contribution in [3.05, 3.63) is 52.5 Å². The molecule has 0 aliphatic heterocycles. The molecule has 0 unspecified atom stereocenters. The normalized spacial score (nSPS) is 10.9. The summed E-state index contributed by atoms with van der Waals surface area (Å²) in [6.45, 7) is 1.79. The number of primary amides is 1. The first-order chi connectivity index (χ1) is 15.6. The van der Waals surface area contributed by atoms with Crippen molar-refractivity contribution in [3.63, 3.8) is 0 Å². The van der Waals surface area contributed by atoms with Gasteiger partial charge >= 0.3 is 11.8 Å². The third kappa shape index (κ3) is 7.62. The first-order valence-electron chi connectivity index (χ1n) is 9.72. The number of anilines is 1. The number of methoxy groups -OCH3 is 1. The maximum absolute atomic E-state index is 12.7. The van der Waals surface area contributed by atoms with E-state index in [1.54, 1.807) is 25.1 Å². The lowest BCUT2D eigenvalue weighted by Gasteiger charge is -2.10. The highest BCUT2D eigenvalue weighted by atomic mass is 35.5. The van der Waals surface area contributed by atoms with Crippen LogP contribution in [0.4, 0.5) is 5.69 Å². The van der Waals surface area contributed by atoms with Crippen LogP contribution in [0, 0.1) is 6.92 Å². The monoisotopic (exact) mass is 474 g/mol. The maximum Gasteiger partial charge on any atom is 0.329 e. The molecule has 0 aliphatic carbocycles. The molecular weight excluding hydrogens is 452 g/mol. The number of ether oxygens (including phenoxy) is 1. The molecule has 0 spiro atoms. The lowest BCUT2D eigenvalue weighted by Crippen LogP contribution is -2.33. The average Bonchev–Trinajstić information content (AvgIpc) is 2.77. The zero-order valence-corrected chi connectivity index (χ0v) is 18.7. The van der Waals surface area contributed by atoms with Crippen LogP contribution < -0.4 is 21.2 Å². The summed E-state index contributed by atoms with van der Waals surface area (Å²) in [5, 5.41) is 16.8. The van der Waals surface area contributed by atoms with Crippen molar-refractivity contribution in [2.75, 3.05) is 12.4 Å². The molecular formula is C22H23ClN4O6. The minimum Gasteiger partial charge on any atom is -0.504 e. The number of carbonyl (C=O) groups excluding carboxylic acids is 4. The Bertz CT molecular complexity index is 1120. The molecule has 11 heteroatoms. The van der Waals surface area contributed by atoms with Gasteiger partial charge in [0, 0.05) is 28.4 Å². The Morgan fingerprint density at radius 2 is 1.85 bits per heavy atom. The zero-order chi connectivity index (χ0) is 24.5. The number of hydrazone groups is 1. The molecule has 0 saturated carbocycles. The summed E-state index contributed by atoms with van der Waals surface area (Å²) < 4.78 is 5.00. The van der Waals surface area contributed by atoms with Crippen molar-refractivity contribution in [1.82, 2.24) is 5.43 Å². The molecule has 0 heterocycles. The first-order valence-corrected chi connectivity index (χ1v) is 10.1. The summed E-state index contributed by atoms with van der Waals surface area (Å²) >= 11 is 5.92. The largest absolute Gasteiger partial charge is 0.504 e. The van der Waals surface area contributed by atoms with Crippen LogP contribution in [0.15, 0.2) is 41.5 Å². The summed E-state index contributed by atoms with van der Waals surface area (Å²) in [5.41, 5.74) is 8.58. The number of aryl methyl sites for hydroxylation is 1. The number of rotatable bonds is 9. The lowest BCUT2D eigenvalue weighted by molar-refractivity contribution is -0.137. The lowest BCUT2D eigenvalue weighted by atomic mass is 10.0. The Balaban J connectivity index is 2.12. The van der Waals surface area contributed by atoms with E-state index in [-0.39, 0.29) is 47.9 Å². The zero-order valence-electron chi connectivity index (χ0n) is 18.0. The molecule has 10 nitrogen and oxygen atoms in total. The molecule has 0 aliphatic rings. The van der Waals surface area contributed by atoms with E-state index in [2.05, 4.69) is 10.4 Å². The number of halogens is 1. The van der Waals surface area contributed by atoms with Crippen LogP contribution in [0.2, 0.25) is 5.02 Å². The van der Waals surface area contributed by atoms with Gasteiger partial charge in [-0.15, -0.1) is 0 Å². The number of aromatic hydroxyl groups is 1. The van der Waals surface area contributed by atoms with Gasteiger partial charge in [0.15, 0.2) is 17.3 Å². The molecule has 0 atom stereocenters. The maximum atomic E-state index is 12.7. The quantitative estimate of drug-likeness (QED) is 0.189. The number of benzene rings is 2. The van der Waals surface area contributed by atoms with Gasteiger partial charge in [-0.3, -0.25) is 19.2 Å². The molecule has 0 bridgehead atoms. The van der Waals surface area contributed by atoms with Crippen LogP contribution in [-0.4, -0.2) is 41.4 Å². The van der Waals surface area contributed by atoms with E-state index < -0.39 is 17.6 Å². The molecule has 174 valence electrons. The first kappa shape index (κ1) is 25.3. The number of nitrogens with two attached hydrogens (primary N) is 1. The number of hydrogen-bond donors (Lipinski definition) is 4. The van der Waals surface area contributed by atoms with Crippen LogP contribution >= 0.6 is 11.6 Å². The Morgan fingerprint density at radius 1 is 1.12 bits per heavy atom. The predicted molar refractivity (Wildman–Crippen MR) is 122 cm³/mol. The topological polar surface area (TPSA) is 160 Å². The number of phenolic OH excluding ortho intramolecular Hbond substituents is 1. The summed E-state index contributed by atoms with van der Waals surface area (Å²) in [7, 11) is 1.34. The number of hydrogen-bond acceptors (Lipinski definition) is 7. The number of Topliss-reactive ketones (excluding diaryl/α,β-unsaturated/α-hetero) is 1. The second-order valence-corrected chi connectivity index (χ2v) is 7.41. The average molecular weight is 475 g/mol. The van der Waals surface area contributed by atoms with Crippen molar-refractivity contribution in [2.45, 2.75) is 26.2 Å². The van der Waals surface area contributed by atoms with Gasteiger partial charge in [0.2, 0.25) is 5.91 Å². The highest BCUT2D eigenvalue weighted by Crippen LogP contribution is 2.27. The van der Waals surface area contributed by atoms with Gasteiger partial charge in [-0.25, -0.2) is 5.43 Å². The van der Waals surface area contributed by atoms with Gasteiger partial charge in [-0.1, -0.05) is 11.6 Å². The standard InChI is InChI=1S/C22H23ClN4O6/c1-12-9-14(23)4-6-16(12)25-20(30)8-5-15(26-27-22(32)21(24)31)11-18(29)13-3-7-17(28)19(10-13)33-2/h3-4,6-7,9-10,28H,5,8,11H2,1-2H3,(H2,24,31)(H,25,30)(H,27,32). The molecule has 2 rings (SSSR count). The summed E-state index contributed by atoms with van der Waals surface area (Å²) in [6, 6.07) is 9.07. The van der Waals surface area contributed by atoms with Gasteiger partial charge in [0.1, 0.15) is 0 Å². The van der Waals surface area contributed by atoms with E-state index in [1.165, 1.54) is 25.3 Å². The highest BCUT2D eigenvalue weighted by Gasteiger charge is 2.16. The number of carbonyl (C=O) groups is 4. The van der Waals surface area contributed by atoms with Crippen LogP contribution in [0.1, 0.15) is 35.2 Å². The van der Waals surface area contributed by atoms with Crippen molar-refractivity contribution in [1.29, 1.82) is 0 Å². The number of amides is 3. The minimum absolute atomic E-state index is 0.0124. The van der Waals surface area contributed by atoms with E-state index in [9.17, 15) is 24.3 Å². The number of nitrogens with one attached hydrogen (secondary N) is 2. The van der Waals surface area contributed by atoms with E-state index in [1.807, 2.05) is 5.43 Å². The molecule has 0 saturated heterocycles. The Morgan fingerprint density at radius 3 is 2.48 bits per heavy atom. The minimum atomic E-state index is -1.25. The smallest absolute Gasteiger partial charge is 0.329 e. The summed E-state index contributed by atoms with van der Waals surface area (Å²) in [5.74, 6) is -3.19. The number of phenols is 1. The summed E-state index contributed by atoms with van der Waals surface area (Å²) in [6.07, 6.45) is -0.307. The second kappa shape index (κ2) is 11.6. The van der Waals surface area contributed by atoms with Gasteiger partial charge in [0.05, 0.1) is 13.5 Å². The molecule has 2 aromatic rings. The van der Waals surface area contributed by atoms with Crippen molar-refractivity contribution >= 4 is 46.5 Å². The molecule has 3 amide bonds. The molecule has 0 aromatic heterocycles. The second-order valence-electron chi connectivity index (χ2n) is 6.98. The summed E-state index contributed by atoms with van der Waals surface area (Å²) in [4.78, 5) is 47.5. The van der Waals surface area contributed by atoms with E-state index in [0.29, 0.717) is 10.7 Å². The Kier molecular flexibility index (Phi) is 8.93. The van der Waals surface area contributed by atoms with Crippen molar-refractivity contribution in [3.8, 4) is 11.5 Å². The van der Waals surface area contributed by atoms with Crippen LogP contribution in [0.25, 0.3) is 0 Å². The Hall–Kier alpha value is -3.92. The third-order valence-electron chi connectivity index (χ3n) is 4.51. The molecule has 2 aromatic carbocycles. The number of ketones is 1. The van der Waals surface area contributed by atoms with Crippen LogP contribution in [-0.2, 0) is 14.4 Å². The highest BCUT2D eigenvalue weighted by molar-refractivity contribution is 6.34. The number of nitrogens with zero attached hydrogens (tertiary/aromatic N) is 1. The van der Waals surface area contributed by atoms with Gasteiger partial charge < -0.3 is 20.9 Å². The fourth-order valence-corrected chi connectivity index (χ4v) is 2.97. The van der Waals surface area contributed by atoms with Gasteiger partial charge in [-0.2, -0.15) is 5.10 Å². The van der Waals surface area contributed by atoms with Gasteiger partial charge in [0.25, 0.3) is 0 Å². The fourth-order valence-electron chi connectivity index (χ4n) is 2.75. The van der Waals surface area contributed by atoms with Crippen LogP contribution in [0.3, 0.4) is 0 Å². The molecule has 0 fully saturated rings. The SMILES string of the molecule is COc1cc(C(=O)CC(CCC(=O)Nc2ccc(Cl)cc2C)=NNC(=O)C(N)=O)ccc1O. The van der Waals surface area contributed by atoms with E-state index >= 15 is 0 Å². The molecule has 0 radical (unpaired) electrons. The van der Waals surface area contributed by atoms with Crippen molar-refractivity contribution in [2.24, 2.45) is 10.8 Å². The van der Waals surface area contributed by atoms with E-state index in [4.69, 9.17) is 22.1 Å². The van der Waals surface area contributed by atoms with E-state index in [0.717, 1.165) is 5.56 Å². The fraction of sp³-hybridized carbons (Fsp3) is 0.227. The third-order valence-corrected chi connectivity index (χ3v) is 4.74. The van der Waals surface area contributed by atoms with Crippen molar-refractivity contribution < 1.29 is 29.0 Å². The Labute approximate surface area is 194 Å². The van der Waals surface area contributed by atoms with Gasteiger partial charge in [-0.05, 0) is 55.3 Å². The molecule has 5 N–H and O–H groups in total.